The number of nitrogens with zero attached hydrogens (tertiary/aromatic N) is 3. The van der Waals surface area contributed by atoms with Gasteiger partial charge in [-0.3, -0.25) is 24.0 Å². The molecule has 0 unspecified atom stereocenters. The highest BCUT2D eigenvalue weighted by Crippen LogP contribution is 2.24. The van der Waals surface area contributed by atoms with E-state index in [9.17, 15) is 14.4 Å². The van der Waals surface area contributed by atoms with Crippen LogP contribution in [-0.4, -0.2) is 78.1 Å². The van der Waals surface area contributed by atoms with Crippen molar-refractivity contribution in [3.05, 3.63) is 26.4 Å². The van der Waals surface area contributed by atoms with E-state index in [1.807, 2.05) is 0 Å². The van der Waals surface area contributed by atoms with Crippen molar-refractivity contribution >= 4 is 11.6 Å². The molecule has 1 saturated carbocycles. The van der Waals surface area contributed by atoms with Crippen LogP contribution in [0.25, 0.3) is 0 Å². The summed E-state index contributed by atoms with van der Waals surface area (Å²) < 4.78 is 6.17. The molecule has 3 rings (SSSR count). The maximum absolute atomic E-state index is 12.9. The van der Waals surface area contributed by atoms with Gasteiger partial charge in [0.15, 0.2) is 5.78 Å². The molecule has 1 aliphatic heterocycles. The first-order valence-corrected chi connectivity index (χ1v) is 11.1. The molecular formula is C21H35N5O4. The van der Waals surface area contributed by atoms with Crippen LogP contribution in [0.5, 0.6) is 0 Å². The molecule has 2 heterocycles. The van der Waals surface area contributed by atoms with E-state index in [0.717, 1.165) is 45.1 Å². The molecule has 1 aliphatic carbocycles. The van der Waals surface area contributed by atoms with E-state index in [4.69, 9.17) is 10.5 Å². The van der Waals surface area contributed by atoms with Gasteiger partial charge in [-0.05, 0) is 38.3 Å². The highest BCUT2D eigenvalue weighted by Gasteiger charge is 2.24. The summed E-state index contributed by atoms with van der Waals surface area (Å²) in [6.07, 6.45) is 7.73. The van der Waals surface area contributed by atoms with Gasteiger partial charge in [0, 0.05) is 26.7 Å². The number of ketones is 1. The molecule has 30 heavy (non-hydrogen) atoms. The summed E-state index contributed by atoms with van der Waals surface area (Å²) >= 11 is 0. The Balaban J connectivity index is 1.62. The quantitative estimate of drug-likeness (QED) is 0.589. The van der Waals surface area contributed by atoms with E-state index < -0.39 is 11.2 Å². The normalized spacial score (nSPS) is 19.6. The Bertz CT molecular complexity index is 828. The van der Waals surface area contributed by atoms with Gasteiger partial charge < -0.3 is 15.4 Å². The Hall–Kier alpha value is -1.97. The second-order valence-electron chi connectivity index (χ2n) is 8.52. The maximum atomic E-state index is 12.9. The number of carbonyl (C=O) groups excluding carboxylic acids is 1. The number of carbonyl (C=O) groups is 1. The first-order valence-electron chi connectivity index (χ1n) is 11.1. The fourth-order valence-corrected chi connectivity index (χ4v) is 4.64. The van der Waals surface area contributed by atoms with Crippen molar-refractivity contribution in [2.75, 3.05) is 58.7 Å². The van der Waals surface area contributed by atoms with Gasteiger partial charge in [0.05, 0.1) is 19.7 Å². The summed E-state index contributed by atoms with van der Waals surface area (Å²) in [5.41, 5.74) is 4.55. The lowest BCUT2D eigenvalue weighted by molar-refractivity contribution is 0.0930. The van der Waals surface area contributed by atoms with Crippen LogP contribution in [0.2, 0.25) is 0 Å². The molecule has 0 radical (unpaired) electrons. The summed E-state index contributed by atoms with van der Waals surface area (Å²) in [5, 5.41) is 0. The minimum absolute atomic E-state index is 0.0838. The molecule has 0 amide bonds. The number of methoxy groups -OCH3 is 1. The molecule has 168 valence electrons. The molecule has 0 atom stereocenters. The van der Waals surface area contributed by atoms with Gasteiger partial charge in [0.1, 0.15) is 11.4 Å². The summed E-state index contributed by atoms with van der Waals surface area (Å²) in [4.78, 5) is 44.0. The van der Waals surface area contributed by atoms with E-state index in [1.165, 1.54) is 43.8 Å². The Labute approximate surface area is 177 Å². The fourth-order valence-electron chi connectivity index (χ4n) is 4.64. The third-order valence-electron chi connectivity index (χ3n) is 6.33. The maximum Gasteiger partial charge on any atom is 0.330 e. The number of nitrogen functional groups attached to an aromatic ring is 1. The van der Waals surface area contributed by atoms with Crippen LogP contribution >= 0.6 is 0 Å². The number of nitrogens with one attached hydrogen (secondary N) is 1. The number of Topliss-reactive ketones (excluding diaryl/α,β-unsaturated/α-hetero) is 1. The van der Waals surface area contributed by atoms with Crippen LogP contribution in [-0.2, 0) is 11.3 Å². The highest BCUT2D eigenvalue weighted by molar-refractivity contribution is 6.01. The number of rotatable bonds is 8. The van der Waals surface area contributed by atoms with Gasteiger partial charge in [0.25, 0.3) is 5.56 Å². The molecule has 9 nitrogen and oxygen atoms in total. The number of hydrogen-bond donors (Lipinski definition) is 2. The van der Waals surface area contributed by atoms with Crippen LogP contribution in [0.1, 0.15) is 48.9 Å². The van der Waals surface area contributed by atoms with E-state index in [2.05, 4.69) is 14.8 Å². The van der Waals surface area contributed by atoms with Crippen molar-refractivity contribution in [2.24, 2.45) is 5.92 Å². The van der Waals surface area contributed by atoms with Gasteiger partial charge in [0.2, 0.25) is 0 Å². The van der Waals surface area contributed by atoms with Crippen molar-refractivity contribution in [1.29, 1.82) is 0 Å². The number of aromatic amines is 1. The SMILES string of the molecule is COCCn1c(N)c(C(=O)CN2CCCN(CC3CCCCC3)CC2)c(=O)[nH]c1=O. The van der Waals surface area contributed by atoms with Crippen molar-refractivity contribution in [1.82, 2.24) is 19.4 Å². The minimum Gasteiger partial charge on any atom is -0.384 e. The van der Waals surface area contributed by atoms with Gasteiger partial charge in [-0.25, -0.2) is 4.79 Å². The molecule has 2 aliphatic rings. The average molecular weight is 422 g/mol. The zero-order chi connectivity index (χ0) is 21.5. The first kappa shape index (κ1) is 22.7. The van der Waals surface area contributed by atoms with Gasteiger partial charge >= 0.3 is 5.69 Å². The third-order valence-corrected chi connectivity index (χ3v) is 6.33. The molecule has 1 saturated heterocycles. The molecule has 1 aromatic rings. The van der Waals surface area contributed by atoms with Crippen molar-refractivity contribution in [2.45, 2.75) is 45.1 Å². The smallest absolute Gasteiger partial charge is 0.330 e. The Morgan fingerprint density at radius 1 is 1.07 bits per heavy atom. The standard InChI is InChI=1S/C21H35N5O4/c1-30-13-12-26-19(22)18(20(28)23-21(26)29)17(27)15-25-9-5-8-24(10-11-25)14-16-6-3-2-4-7-16/h16H,2-15,22H2,1H3,(H,23,28,29). The lowest BCUT2D eigenvalue weighted by atomic mass is 9.89. The zero-order valence-corrected chi connectivity index (χ0v) is 18.0. The Kier molecular flexibility index (Phi) is 8.24. The van der Waals surface area contributed by atoms with Crippen molar-refractivity contribution < 1.29 is 9.53 Å². The largest absolute Gasteiger partial charge is 0.384 e. The molecule has 1 aromatic heterocycles. The molecule has 0 aromatic carbocycles. The average Bonchev–Trinajstić information content (AvgIpc) is 2.93. The lowest BCUT2D eigenvalue weighted by Crippen LogP contribution is -2.40. The third kappa shape index (κ3) is 5.80. The molecule has 3 N–H and O–H groups in total. The predicted molar refractivity (Wildman–Crippen MR) is 116 cm³/mol. The van der Waals surface area contributed by atoms with E-state index in [0.29, 0.717) is 0 Å². The highest BCUT2D eigenvalue weighted by atomic mass is 16.5. The molecule has 0 spiro atoms. The first-order chi connectivity index (χ1) is 14.5. The monoisotopic (exact) mass is 421 g/mol. The number of aromatic nitrogens is 2. The van der Waals surface area contributed by atoms with Gasteiger partial charge in [-0.2, -0.15) is 0 Å². The second kappa shape index (κ2) is 10.9. The number of nitrogens with two attached hydrogens (primary N) is 1. The van der Waals surface area contributed by atoms with E-state index in [1.54, 1.807) is 0 Å². The molecular weight excluding hydrogens is 386 g/mol. The van der Waals surface area contributed by atoms with Gasteiger partial charge in [-0.15, -0.1) is 0 Å². The Morgan fingerprint density at radius 2 is 1.77 bits per heavy atom. The van der Waals surface area contributed by atoms with Crippen LogP contribution in [0.3, 0.4) is 0 Å². The summed E-state index contributed by atoms with van der Waals surface area (Å²) in [6.45, 7) is 5.30. The number of H-pyrrole nitrogens is 1. The summed E-state index contributed by atoms with van der Waals surface area (Å²) in [6, 6.07) is 0. The van der Waals surface area contributed by atoms with E-state index in [-0.39, 0.29) is 36.9 Å². The number of hydrogen-bond acceptors (Lipinski definition) is 7. The second-order valence-corrected chi connectivity index (χ2v) is 8.52. The number of anilines is 1. The van der Waals surface area contributed by atoms with Crippen LogP contribution in [0.15, 0.2) is 9.59 Å². The van der Waals surface area contributed by atoms with Gasteiger partial charge in [-0.1, -0.05) is 19.3 Å². The van der Waals surface area contributed by atoms with Crippen LogP contribution < -0.4 is 17.0 Å². The van der Waals surface area contributed by atoms with Crippen molar-refractivity contribution in [3.63, 3.8) is 0 Å². The number of ether oxygens (including phenoxy) is 1. The molecule has 2 fully saturated rings. The van der Waals surface area contributed by atoms with Crippen molar-refractivity contribution in [3.8, 4) is 0 Å². The Morgan fingerprint density at radius 3 is 2.50 bits per heavy atom. The van der Waals surface area contributed by atoms with Crippen LogP contribution in [0.4, 0.5) is 5.82 Å². The molecule has 9 heteroatoms. The predicted octanol–water partition coefficient (Wildman–Crippen LogP) is 0.536. The topological polar surface area (TPSA) is 114 Å². The minimum atomic E-state index is -0.718. The van der Waals surface area contributed by atoms with E-state index >= 15 is 0 Å². The van der Waals surface area contributed by atoms with Crippen LogP contribution in [0, 0.1) is 5.92 Å². The summed E-state index contributed by atoms with van der Waals surface area (Å²) in [7, 11) is 1.51. The summed E-state index contributed by atoms with van der Waals surface area (Å²) in [5.74, 6) is 0.374. The fraction of sp³-hybridized carbons (Fsp3) is 0.762. The zero-order valence-electron chi connectivity index (χ0n) is 18.0. The molecule has 0 bridgehead atoms. The lowest BCUT2D eigenvalue weighted by Gasteiger charge is -2.28.